The van der Waals surface area contributed by atoms with Crippen molar-refractivity contribution >= 4 is 58.3 Å². The monoisotopic (exact) mass is 620 g/mol. The SMILES string of the molecule is CCCCCCCCCCC[CH2][Mo+2][CH2]CCCCCCCCCCC.NC(=S)[S-].NC(=S)[S-]. The van der Waals surface area contributed by atoms with E-state index in [1.807, 2.05) is 0 Å². The van der Waals surface area contributed by atoms with Gasteiger partial charge in [-0.2, -0.15) is 0 Å². The molecule has 0 saturated heterocycles. The summed E-state index contributed by atoms with van der Waals surface area (Å²) >= 11 is 16.9. The molecule has 0 heterocycles. The Balaban J connectivity index is -0.000000962. The predicted molar refractivity (Wildman–Crippen MR) is 162 cm³/mol. The molecule has 0 unspecified atom stereocenters. The van der Waals surface area contributed by atoms with Crippen LogP contribution >= 0.6 is 24.4 Å². The van der Waals surface area contributed by atoms with Crippen LogP contribution in [0.15, 0.2) is 0 Å². The van der Waals surface area contributed by atoms with E-state index in [2.05, 4.69) is 75.0 Å². The van der Waals surface area contributed by atoms with Gasteiger partial charge in [0.05, 0.1) is 0 Å². The van der Waals surface area contributed by atoms with Crippen molar-refractivity contribution in [3.05, 3.63) is 0 Å². The number of hydrogen-bond acceptors (Lipinski definition) is 4. The molecule has 0 aromatic carbocycles. The molecule has 0 atom stereocenters. The minimum absolute atomic E-state index is 0.0833. The van der Waals surface area contributed by atoms with Crippen LogP contribution in [0.3, 0.4) is 0 Å². The molecular weight excluding hydrogens is 565 g/mol. The van der Waals surface area contributed by atoms with Crippen molar-refractivity contribution in [3.8, 4) is 0 Å². The molecule has 2 nitrogen and oxygen atoms in total. The fraction of sp³-hybridized carbons (Fsp3) is 0.923. The van der Waals surface area contributed by atoms with E-state index in [0.29, 0.717) is 18.6 Å². The van der Waals surface area contributed by atoms with E-state index in [1.54, 1.807) is 22.5 Å². The summed E-state index contributed by atoms with van der Waals surface area (Å²) in [7, 11) is 0. The first-order chi connectivity index (χ1) is 15.9. The van der Waals surface area contributed by atoms with Crippen molar-refractivity contribution in [2.75, 3.05) is 0 Å². The maximum absolute atomic E-state index is 4.66. The van der Waals surface area contributed by atoms with Gasteiger partial charge in [-0.15, -0.1) is 0 Å². The van der Waals surface area contributed by atoms with Crippen LogP contribution < -0.4 is 11.5 Å². The van der Waals surface area contributed by atoms with Gasteiger partial charge in [-0.3, -0.25) is 0 Å². The third kappa shape index (κ3) is 59.9. The summed E-state index contributed by atoms with van der Waals surface area (Å²) in [6, 6.07) is 0. The van der Waals surface area contributed by atoms with Crippen molar-refractivity contribution in [1.29, 1.82) is 0 Å². The van der Waals surface area contributed by atoms with Crippen molar-refractivity contribution < 1.29 is 18.6 Å². The van der Waals surface area contributed by atoms with Gasteiger partial charge < -0.3 is 61.2 Å². The van der Waals surface area contributed by atoms with Crippen LogP contribution in [0.25, 0.3) is 0 Å². The van der Waals surface area contributed by atoms with Gasteiger partial charge in [0.15, 0.2) is 0 Å². The molecule has 198 valence electrons. The van der Waals surface area contributed by atoms with Gasteiger partial charge in [-0.05, 0) is 0 Å². The third-order valence-electron chi connectivity index (χ3n) is 5.28. The zero-order chi connectivity index (χ0) is 25.4. The Morgan fingerprint density at radius 1 is 0.485 bits per heavy atom. The molecule has 0 radical (unpaired) electrons. The smallest absolute Gasteiger partial charge is 0.415 e. The van der Waals surface area contributed by atoms with Gasteiger partial charge in [0.1, 0.15) is 0 Å². The Kier molecular flexibility index (Phi) is 43.6. The standard InChI is InChI=1S/2C12H25.2CH3NS2.Mo/c2*1-3-5-7-9-11-12-10-8-6-4-2;2*2-1(3)4;/h2*1,3-12H2,2H3;2*(H3,2,3,4);/q;;;;+2/p-2. The minimum Gasteiger partial charge on any atom is -0.415 e. The molecule has 0 fully saturated rings. The normalized spacial score (nSPS) is 9.88. The van der Waals surface area contributed by atoms with Crippen LogP contribution in [0, 0.1) is 0 Å². The predicted octanol–water partition coefficient (Wildman–Crippen LogP) is 9.30. The molecule has 0 amide bonds. The molecule has 0 rings (SSSR count). The van der Waals surface area contributed by atoms with Gasteiger partial charge in [0.2, 0.25) is 0 Å². The number of thiocarbonyl (C=S) groups is 2. The van der Waals surface area contributed by atoms with Crippen LogP contribution in [0.4, 0.5) is 0 Å². The summed E-state index contributed by atoms with van der Waals surface area (Å²) in [4.78, 5) is 3.25. The first-order valence-corrected chi connectivity index (χ1v) is 17.9. The summed E-state index contributed by atoms with van der Waals surface area (Å²) < 4.78 is 0.167. The molecule has 0 aromatic rings. The summed E-state index contributed by atoms with van der Waals surface area (Å²) in [6.07, 6.45) is 29.7. The first kappa shape index (κ1) is 38.4. The Bertz CT molecular complexity index is 343. The number of rotatable bonds is 22. The quantitative estimate of drug-likeness (QED) is 0.0546. The fourth-order valence-corrected chi connectivity index (χ4v) is 5.99. The second-order valence-corrected chi connectivity index (χ2v) is 13.9. The van der Waals surface area contributed by atoms with E-state index in [9.17, 15) is 0 Å². The topological polar surface area (TPSA) is 52.0 Å². The van der Waals surface area contributed by atoms with E-state index >= 15 is 0 Å². The molecule has 0 bridgehead atoms. The molecule has 0 saturated carbocycles. The summed E-state index contributed by atoms with van der Waals surface area (Å²) in [6.45, 7) is 4.61. The van der Waals surface area contributed by atoms with Crippen LogP contribution in [0.1, 0.15) is 142 Å². The van der Waals surface area contributed by atoms with Crippen LogP contribution in [0.2, 0.25) is 9.62 Å². The maximum atomic E-state index is 4.66. The molecular formula is C26H54MoN2S4. The minimum atomic E-state index is 0.0833. The number of unbranched alkanes of at least 4 members (excludes halogenated alkanes) is 18. The zero-order valence-corrected chi connectivity index (χ0v) is 27.0. The molecule has 7 heteroatoms. The molecule has 0 aliphatic carbocycles. The first-order valence-electron chi connectivity index (χ1n) is 13.4. The van der Waals surface area contributed by atoms with Crippen LogP contribution in [0.5, 0.6) is 0 Å². The van der Waals surface area contributed by atoms with Gasteiger partial charge in [0.25, 0.3) is 0 Å². The molecule has 0 aromatic heterocycles. The zero-order valence-electron chi connectivity index (χ0n) is 21.8. The van der Waals surface area contributed by atoms with Crippen molar-refractivity contribution in [2.45, 2.75) is 152 Å². The van der Waals surface area contributed by atoms with Crippen molar-refractivity contribution in [1.82, 2.24) is 0 Å². The third-order valence-corrected chi connectivity index (χ3v) is 8.12. The van der Waals surface area contributed by atoms with E-state index < -0.39 is 0 Å². The van der Waals surface area contributed by atoms with E-state index in [-0.39, 0.29) is 8.64 Å². The number of nitrogens with two attached hydrogens (primary N) is 2. The van der Waals surface area contributed by atoms with Gasteiger partial charge >= 0.3 is 170 Å². The van der Waals surface area contributed by atoms with Crippen molar-refractivity contribution in [3.63, 3.8) is 0 Å². The van der Waals surface area contributed by atoms with Gasteiger partial charge in [-0.25, -0.2) is 0 Å². The molecule has 4 N–H and O–H groups in total. The average molecular weight is 619 g/mol. The summed E-state index contributed by atoms with van der Waals surface area (Å²) in [5.74, 6) is 0. The molecule has 0 aliphatic rings. The Labute approximate surface area is 238 Å². The van der Waals surface area contributed by atoms with Gasteiger partial charge in [0, 0.05) is 0 Å². The summed E-state index contributed by atoms with van der Waals surface area (Å²) in [5.41, 5.74) is 9.31. The van der Waals surface area contributed by atoms with E-state index in [1.165, 1.54) is 116 Å². The van der Waals surface area contributed by atoms with Crippen molar-refractivity contribution in [2.24, 2.45) is 11.5 Å². The number of hydrogen-bond donors (Lipinski definition) is 2. The second-order valence-electron chi connectivity index (χ2n) is 8.61. The average Bonchev–Trinajstić information content (AvgIpc) is 2.74. The van der Waals surface area contributed by atoms with Gasteiger partial charge in [-0.1, -0.05) is 8.64 Å². The Morgan fingerprint density at radius 2 is 0.667 bits per heavy atom. The van der Waals surface area contributed by atoms with Crippen LogP contribution in [-0.4, -0.2) is 8.64 Å². The Hall–Kier alpha value is 0.908. The summed E-state index contributed by atoms with van der Waals surface area (Å²) in [5, 5.41) is 0. The van der Waals surface area contributed by atoms with Crippen LogP contribution in [-0.2, 0) is 43.8 Å². The van der Waals surface area contributed by atoms with E-state index in [4.69, 9.17) is 0 Å². The molecule has 0 spiro atoms. The van der Waals surface area contributed by atoms with E-state index in [0.717, 1.165) is 0 Å². The fourth-order valence-electron chi connectivity index (χ4n) is 3.49. The molecule has 33 heavy (non-hydrogen) atoms. The second kappa shape index (κ2) is 37.5. The Morgan fingerprint density at radius 3 is 0.879 bits per heavy atom. The molecule has 0 aliphatic heterocycles.